The van der Waals surface area contributed by atoms with Gasteiger partial charge in [-0.1, -0.05) is 28.9 Å². The van der Waals surface area contributed by atoms with Crippen molar-refractivity contribution in [2.24, 2.45) is 4.99 Å². The van der Waals surface area contributed by atoms with E-state index in [0.29, 0.717) is 42.4 Å². The van der Waals surface area contributed by atoms with Crippen molar-refractivity contribution < 1.29 is 9.26 Å². The Morgan fingerprint density at radius 2 is 2.00 bits per heavy atom. The SMILES string of the molecule is CCNC(=NCc1ccc(Cl)cc1)NCc1nc(C(C)OCC)no1.I. The first-order valence-corrected chi connectivity index (χ1v) is 8.70. The summed E-state index contributed by atoms with van der Waals surface area (Å²) in [6.45, 7) is 8.12. The molecule has 0 aliphatic heterocycles. The summed E-state index contributed by atoms with van der Waals surface area (Å²) >= 11 is 5.89. The van der Waals surface area contributed by atoms with E-state index < -0.39 is 0 Å². The van der Waals surface area contributed by atoms with Gasteiger partial charge in [0, 0.05) is 18.2 Å². The van der Waals surface area contributed by atoms with Crippen molar-refractivity contribution in [2.75, 3.05) is 13.2 Å². The molecule has 0 fully saturated rings. The Hall–Kier alpha value is -1.39. The molecule has 7 nitrogen and oxygen atoms in total. The standard InChI is InChI=1S/C17H24ClN5O2.HI/c1-4-19-17(20-10-13-6-8-14(18)9-7-13)21-11-15-22-16(23-25-15)12(3)24-5-2;/h6-9,12H,4-5,10-11H2,1-3H3,(H2,19,20,21);1H. The van der Waals surface area contributed by atoms with Crippen LogP contribution in [0.2, 0.25) is 5.02 Å². The van der Waals surface area contributed by atoms with E-state index in [1.807, 2.05) is 45.0 Å². The Kier molecular flexibility index (Phi) is 10.5. The molecule has 9 heteroatoms. The first-order valence-electron chi connectivity index (χ1n) is 8.33. The second-order valence-electron chi connectivity index (χ2n) is 5.32. The van der Waals surface area contributed by atoms with Gasteiger partial charge in [0.15, 0.2) is 11.8 Å². The van der Waals surface area contributed by atoms with Crippen LogP contribution in [0.5, 0.6) is 0 Å². The Bertz CT molecular complexity index is 678. The zero-order chi connectivity index (χ0) is 18.1. The number of benzene rings is 1. The minimum Gasteiger partial charge on any atom is -0.371 e. The molecule has 1 atom stereocenters. The second kappa shape index (κ2) is 12.1. The summed E-state index contributed by atoms with van der Waals surface area (Å²) in [6, 6.07) is 7.61. The van der Waals surface area contributed by atoms with Crippen LogP contribution in [0.3, 0.4) is 0 Å². The van der Waals surface area contributed by atoms with Crippen LogP contribution in [0.15, 0.2) is 33.8 Å². The fourth-order valence-electron chi connectivity index (χ4n) is 2.09. The number of ether oxygens (including phenoxy) is 1. The van der Waals surface area contributed by atoms with Gasteiger partial charge in [0.1, 0.15) is 6.10 Å². The van der Waals surface area contributed by atoms with Gasteiger partial charge in [0.2, 0.25) is 5.89 Å². The van der Waals surface area contributed by atoms with Crippen LogP contribution in [-0.2, 0) is 17.8 Å². The van der Waals surface area contributed by atoms with Crippen molar-refractivity contribution in [2.45, 2.75) is 40.0 Å². The number of aliphatic imine (C=N–C) groups is 1. The van der Waals surface area contributed by atoms with Gasteiger partial charge in [-0.25, -0.2) is 4.99 Å². The molecule has 1 heterocycles. The maximum absolute atomic E-state index is 5.89. The first kappa shape index (κ1) is 22.7. The molecule has 0 amide bonds. The van der Waals surface area contributed by atoms with Gasteiger partial charge >= 0.3 is 0 Å². The zero-order valence-corrected chi connectivity index (χ0v) is 18.2. The van der Waals surface area contributed by atoms with E-state index in [9.17, 15) is 0 Å². The van der Waals surface area contributed by atoms with Crippen LogP contribution in [0, 0.1) is 0 Å². The minimum atomic E-state index is -0.186. The van der Waals surface area contributed by atoms with Gasteiger partial charge in [0.05, 0.1) is 13.1 Å². The molecule has 2 rings (SSSR count). The van der Waals surface area contributed by atoms with Gasteiger partial charge in [0.25, 0.3) is 0 Å². The lowest BCUT2D eigenvalue weighted by atomic mass is 10.2. The summed E-state index contributed by atoms with van der Waals surface area (Å²) in [5, 5.41) is 11.0. The molecule has 0 saturated heterocycles. The smallest absolute Gasteiger partial charge is 0.246 e. The van der Waals surface area contributed by atoms with E-state index in [4.69, 9.17) is 20.9 Å². The lowest BCUT2D eigenvalue weighted by molar-refractivity contribution is 0.0683. The average Bonchev–Trinajstić information content (AvgIpc) is 3.08. The number of rotatable bonds is 8. The van der Waals surface area contributed by atoms with Crippen LogP contribution in [0.4, 0.5) is 0 Å². The van der Waals surface area contributed by atoms with Gasteiger partial charge in [-0.2, -0.15) is 4.98 Å². The number of hydrogen-bond donors (Lipinski definition) is 2. The van der Waals surface area contributed by atoms with Crippen LogP contribution in [0.25, 0.3) is 0 Å². The molecule has 0 saturated carbocycles. The molecule has 0 bridgehead atoms. The lowest BCUT2D eigenvalue weighted by Gasteiger charge is -2.09. The van der Waals surface area contributed by atoms with Crippen molar-refractivity contribution >= 4 is 41.5 Å². The number of guanidine groups is 1. The Morgan fingerprint density at radius 1 is 1.27 bits per heavy atom. The zero-order valence-electron chi connectivity index (χ0n) is 15.2. The van der Waals surface area contributed by atoms with Crippen molar-refractivity contribution in [1.82, 2.24) is 20.8 Å². The molecule has 0 radical (unpaired) electrons. The monoisotopic (exact) mass is 493 g/mol. The van der Waals surface area contributed by atoms with E-state index in [1.165, 1.54) is 0 Å². The van der Waals surface area contributed by atoms with Crippen LogP contribution < -0.4 is 10.6 Å². The average molecular weight is 494 g/mol. The maximum atomic E-state index is 5.89. The molecule has 26 heavy (non-hydrogen) atoms. The third-order valence-electron chi connectivity index (χ3n) is 3.35. The third-order valence-corrected chi connectivity index (χ3v) is 3.60. The number of nitrogens with zero attached hydrogens (tertiary/aromatic N) is 3. The molecule has 1 aromatic carbocycles. The summed E-state index contributed by atoms with van der Waals surface area (Å²) in [5.74, 6) is 1.70. The highest BCUT2D eigenvalue weighted by Crippen LogP contribution is 2.12. The molecular formula is C17H25ClIN5O2. The topological polar surface area (TPSA) is 84.6 Å². The van der Waals surface area contributed by atoms with Gasteiger partial charge in [-0.15, -0.1) is 24.0 Å². The van der Waals surface area contributed by atoms with Gasteiger partial charge < -0.3 is 19.9 Å². The molecule has 2 aromatic rings. The highest BCUT2D eigenvalue weighted by atomic mass is 127. The lowest BCUT2D eigenvalue weighted by Crippen LogP contribution is -2.36. The summed E-state index contributed by atoms with van der Waals surface area (Å²) in [4.78, 5) is 8.86. The van der Waals surface area contributed by atoms with Gasteiger partial charge in [-0.05, 0) is 38.5 Å². The quantitative estimate of drug-likeness (QED) is 0.331. The molecule has 0 spiro atoms. The van der Waals surface area contributed by atoms with Crippen molar-refractivity contribution in [1.29, 1.82) is 0 Å². The second-order valence-corrected chi connectivity index (χ2v) is 5.76. The fraction of sp³-hybridized carbons (Fsp3) is 0.471. The molecule has 1 aromatic heterocycles. The molecule has 1 unspecified atom stereocenters. The van der Waals surface area contributed by atoms with Crippen molar-refractivity contribution in [3.63, 3.8) is 0 Å². The molecule has 0 aliphatic rings. The molecule has 2 N–H and O–H groups in total. The highest BCUT2D eigenvalue weighted by Gasteiger charge is 2.13. The maximum Gasteiger partial charge on any atom is 0.246 e. The van der Waals surface area contributed by atoms with E-state index in [-0.39, 0.29) is 30.1 Å². The van der Waals surface area contributed by atoms with Crippen LogP contribution in [-0.4, -0.2) is 29.3 Å². The van der Waals surface area contributed by atoms with E-state index >= 15 is 0 Å². The number of halogens is 2. The summed E-state index contributed by atoms with van der Waals surface area (Å²) in [6.07, 6.45) is -0.186. The van der Waals surface area contributed by atoms with Crippen molar-refractivity contribution in [3.8, 4) is 0 Å². The Balaban J connectivity index is 0.00000338. The minimum absolute atomic E-state index is 0. The molecule has 144 valence electrons. The Labute approximate surface area is 176 Å². The largest absolute Gasteiger partial charge is 0.371 e. The normalized spacial score (nSPS) is 12.4. The fourth-order valence-corrected chi connectivity index (χ4v) is 2.22. The third kappa shape index (κ3) is 7.46. The first-order chi connectivity index (χ1) is 12.1. The number of hydrogen-bond acceptors (Lipinski definition) is 5. The number of aromatic nitrogens is 2. The molecule has 0 aliphatic carbocycles. The van der Waals surface area contributed by atoms with E-state index in [2.05, 4.69) is 25.8 Å². The van der Waals surface area contributed by atoms with Crippen LogP contribution in [0.1, 0.15) is 44.2 Å². The molecular weight excluding hydrogens is 469 g/mol. The van der Waals surface area contributed by atoms with E-state index in [1.54, 1.807) is 0 Å². The predicted octanol–water partition coefficient (Wildman–Crippen LogP) is 3.69. The van der Waals surface area contributed by atoms with Gasteiger partial charge in [-0.3, -0.25) is 0 Å². The number of nitrogens with one attached hydrogen (secondary N) is 2. The Morgan fingerprint density at radius 3 is 2.65 bits per heavy atom. The summed E-state index contributed by atoms with van der Waals surface area (Å²) < 4.78 is 10.7. The summed E-state index contributed by atoms with van der Waals surface area (Å²) in [7, 11) is 0. The van der Waals surface area contributed by atoms with Crippen LogP contribution >= 0.6 is 35.6 Å². The predicted molar refractivity (Wildman–Crippen MR) is 113 cm³/mol. The van der Waals surface area contributed by atoms with E-state index in [0.717, 1.165) is 12.1 Å². The summed E-state index contributed by atoms with van der Waals surface area (Å²) in [5.41, 5.74) is 1.08. The van der Waals surface area contributed by atoms with Crippen molar-refractivity contribution in [3.05, 3.63) is 46.6 Å². The highest BCUT2D eigenvalue weighted by molar-refractivity contribution is 14.0.